The minimum absolute atomic E-state index is 0.0353. The van der Waals surface area contributed by atoms with Crippen molar-refractivity contribution in [3.05, 3.63) is 60.3 Å². The molecule has 2 heterocycles. The topological polar surface area (TPSA) is 88.5 Å². The fourth-order valence-electron chi connectivity index (χ4n) is 4.38. The van der Waals surface area contributed by atoms with Gasteiger partial charge in [-0.3, -0.25) is 9.59 Å². The molecule has 0 bridgehead atoms. The summed E-state index contributed by atoms with van der Waals surface area (Å²) in [5.74, 6) is -2.03. The molecule has 1 aliphatic heterocycles. The van der Waals surface area contributed by atoms with E-state index >= 15 is 0 Å². The number of nitrogens with zero attached hydrogens (tertiary/aromatic N) is 2. The van der Waals surface area contributed by atoms with Crippen LogP contribution in [0.4, 0.5) is 18.9 Å². The summed E-state index contributed by atoms with van der Waals surface area (Å²) in [6.07, 6.45) is 0.757. The number of nitrogens with one attached hydrogen (secondary N) is 1. The van der Waals surface area contributed by atoms with E-state index < -0.39 is 33.2 Å². The van der Waals surface area contributed by atoms with Gasteiger partial charge >= 0.3 is 6.18 Å². The zero-order valence-corrected chi connectivity index (χ0v) is 20.2. The van der Waals surface area contributed by atoms with Crippen molar-refractivity contribution in [3.63, 3.8) is 0 Å². The van der Waals surface area contributed by atoms with E-state index in [-0.39, 0.29) is 23.0 Å². The molecular formula is C25H26F3N3O4S. The van der Waals surface area contributed by atoms with Crippen LogP contribution in [0.3, 0.4) is 0 Å². The van der Waals surface area contributed by atoms with Crippen LogP contribution in [-0.2, 0) is 32.1 Å². The highest BCUT2D eigenvalue weighted by atomic mass is 32.2. The first kappa shape index (κ1) is 25.7. The fraction of sp³-hybridized carbons (Fsp3) is 0.360. The number of hydrogen-bond acceptors (Lipinski definition) is 4. The predicted molar refractivity (Wildman–Crippen MR) is 129 cm³/mol. The summed E-state index contributed by atoms with van der Waals surface area (Å²) in [5.41, 5.74) is -0.576. The molecule has 3 aromatic rings. The number of aromatic nitrogens is 1. The number of fused-ring (bicyclic) bond motifs is 1. The van der Waals surface area contributed by atoms with Gasteiger partial charge in [-0.1, -0.05) is 37.1 Å². The Hall–Kier alpha value is -3.34. The third-order valence-corrected chi connectivity index (χ3v) is 7.78. The number of sulfone groups is 1. The number of amides is 2. The number of hydrogen-bond donors (Lipinski definition) is 1. The van der Waals surface area contributed by atoms with E-state index in [4.69, 9.17) is 0 Å². The molecule has 0 saturated carbocycles. The second kappa shape index (κ2) is 10.3. The average Bonchev–Trinajstić information content (AvgIpc) is 2.98. The highest BCUT2D eigenvalue weighted by Gasteiger charge is 2.31. The SMILES string of the molecule is O=C(CS(=O)(=O)c1cn(CC(=O)N2CCCCCC2)c2ccccc12)Nc1cccc(C(F)(F)F)c1. The van der Waals surface area contributed by atoms with Crippen LogP contribution >= 0.6 is 0 Å². The Labute approximate surface area is 206 Å². The van der Waals surface area contributed by atoms with E-state index in [0.717, 1.165) is 43.9 Å². The van der Waals surface area contributed by atoms with E-state index in [1.54, 1.807) is 33.7 Å². The Morgan fingerprint density at radius 1 is 0.944 bits per heavy atom. The summed E-state index contributed by atoms with van der Waals surface area (Å²) in [4.78, 5) is 27.1. The second-order valence-corrected chi connectivity index (χ2v) is 10.8. The maximum absolute atomic E-state index is 13.2. The largest absolute Gasteiger partial charge is 0.416 e. The molecule has 36 heavy (non-hydrogen) atoms. The fourth-order valence-corrected chi connectivity index (χ4v) is 5.75. The first-order valence-electron chi connectivity index (χ1n) is 11.6. The van der Waals surface area contributed by atoms with Crippen molar-refractivity contribution in [2.75, 3.05) is 24.2 Å². The van der Waals surface area contributed by atoms with Crippen LogP contribution in [-0.4, -0.2) is 48.5 Å². The maximum atomic E-state index is 13.2. The van der Waals surface area contributed by atoms with Crippen molar-refractivity contribution in [1.29, 1.82) is 0 Å². The number of anilines is 1. The summed E-state index contributed by atoms with van der Waals surface area (Å²) < 4.78 is 66.7. The van der Waals surface area contributed by atoms with Gasteiger partial charge in [-0.15, -0.1) is 0 Å². The van der Waals surface area contributed by atoms with Crippen LogP contribution in [0.15, 0.2) is 59.6 Å². The molecular weight excluding hydrogens is 495 g/mol. The van der Waals surface area contributed by atoms with Crippen LogP contribution in [0.5, 0.6) is 0 Å². The van der Waals surface area contributed by atoms with E-state index in [9.17, 15) is 31.2 Å². The molecule has 11 heteroatoms. The van der Waals surface area contributed by atoms with Gasteiger partial charge in [0.1, 0.15) is 12.3 Å². The van der Waals surface area contributed by atoms with Crippen LogP contribution in [0.2, 0.25) is 0 Å². The Kier molecular flexibility index (Phi) is 7.39. The second-order valence-electron chi connectivity index (χ2n) is 8.82. The van der Waals surface area contributed by atoms with Crippen molar-refractivity contribution in [1.82, 2.24) is 9.47 Å². The Bertz CT molecular complexity index is 1370. The minimum Gasteiger partial charge on any atom is -0.341 e. The van der Waals surface area contributed by atoms with Crippen molar-refractivity contribution in [2.24, 2.45) is 0 Å². The molecule has 0 atom stereocenters. The molecule has 1 fully saturated rings. The smallest absolute Gasteiger partial charge is 0.341 e. The number of rotatable bonds is 6. The summed E-state index contributed by atoms with van der Waals surface area (Å²) >= 11 is 0. The molecule has 1 saturated heterocycles. The molecule has 7 nitrogen and oxygen atoms in total. The average molecular weight is 522 g/mol. The first-order valence-corrected chi connectivity index (χ1v) is 13.3. The van der Waals surface area contributed by atoms with E-state index in [2.05, 4.69) is 5.32 Å². The van der Waals surface area contributed by atoms with Crippen molar-refractivity contribution < 1.29 is 31.2 Å². The van der Waals surface area contributed by atoms with Crippen LogP contribution in [0.1, 0.15) is 31.2 Å². The van der Waals surface area contributed by atoms with Crippen molar-refractivity contribution in [2.45, 2.75) is 43.3 Å². The van der Waals surface area contributed by atoms with E-state index in [1.807, 2.05) is 0 Å². The molecule has 2 aromatic carbocycles. The lowest BCUT2D eigenvalue weighted by Crippen LogP contribution is -2.34. The summed E-state index contributed by atoms with van der Waals surface area (Å²) in [7, 11) is -4.17. The Balaban J connectivity index is 1.55. The Morgan fingerprint density at radius 2 is 1.64 bits per heavy atom. The van der Waals surface area contributed by atoms with E-state index in [0.29, 0.717) is 24.0 Å². The van der Waals surface area contributed by atoms with Crippen molar-refractivity contribution in [3.8, 4) is 0 Å². The maximum Gasteiger partial charge on any atom is 0.416 e. The van der Waals surface area contributed by atoms with Gasteiger partial charge < -0.3 is 14.8 Å². The van der Waals surface area contributed by atoms with Gasteiger partial charge in [0, 0.05) is 35.9 Å². The molecule has 0 radical (unpaired) electrons. The summed E-state index contributed by atoms with van der Waals surface area (Å²) in [6, 6.07) is 10.7. The number of halogens is 3. The molecule has 4 rings (SSSR count). The zero-order valence-electron chi connectivity index (χ0n) is 19.4. The lowest BCUT2D eigenvalue weighted by molar-refractivity contribution is -0.137. The van der Waals surface area contributed by atoms with Crippen LogP contribution in [0.25, 0.3) is 10.9 Å². The predicted octanol–water partition coefficient (Wildman–Crippen LogP) is 4.48. The summed E-state index contributed by atoms with van der Waals surface area (Å²) in [5, 5.41) is 2.60. The number of benzene rings is 2. The lowest BCUT2D eigenvalue weighted by atomic mass is 10.2. The monoisotopic (exact) mass is 521 g/mol. The molecule has 0 spiro atoms. The highest BCUT2D eigenvalue weighted by Crippen LogP contribution is 2.31. The van der Waals surface area contributed by atoms with Gasteiger partial charge in [0.25, 0.3) is 0 Å². The van der Waals surface area contributed by atoms with Gasteiger partial charge in [0.05, 0.1) is 10.5 Å². The van der Waals surface area contributed by atoms with E-state index in [1.165, 1.54) is 12.3 Å². The molecule has 1 aromatic heterocycles. The third-order valence-electron chi connectivity index (χ3n) is 6.15. The molecule has 0 aliphatic carbocycles. The molecule has 2 amide bonds. The normalized spacial score (nSPS) is 15.0. The van der Waals surface area contributed by atoms with Gasteiger partial charge in [0.15, 0.2) is 9.84 Å². The molecule has 0 unspecified atom stereocenters. The number of carbonyl (C=O) groups excluding carboxylic acids is 2. The minimum atomic E-state index is -4.60. The quantitative estimate of drug-likeness (QED) is 0.518. The first-order chi connectivity index (χ1) is 17.0. The number of likely N-dealkylation sites (tertiary alicyclic amines) is 1. The zero-order chi connectivity index (χ0) is 25.9. The van der Waals surface area contributed by atoms with Crippen LogP contribution in [0, 0.1) is 0 Å². The van der Waals surface area contributed by atoms with Crippen LogP contribution < -0.4 is 5.32 Å². The number of carbonyl (C=O) groups is 2. The van der Waals surface area contributed by atoms with Gasteiger partial charge in [0.2, 0.25) is 11.8 Å². The van der Waals surface area contributed by atoms with Gasteiger partial charge in [-0.25, -0.2) is 8.42 Å². The summed E-state index contributed by atoms with van der Waals surface area (Å²) in [6.45, 7) is 1.30. The Morgan fingerprint density at radius 3 is 2.33 bits per heavy atom. The van der Waals surface area contributed by atoms with Crippen molar-refractivity contribution >= 4 is 38.2 Å². The lowest BCUT2D eigenvalue weighted by Gasteiger charge is -2.20. The number of alkyl halides is 3. The van der Waals surface area contributed by atoms with Gasteiger partial charge in [-0.2, -0.15) is 13.2 Å². The van der Waals surface area contributed by atoms with Gasteiger partial charge in [-0.05, 0) is 37.1 Å². The number of para-hydroxylation sites is 1. The molecule has 192 valence electrons. The standard InChI is InChI=1S/C25H26F3N3O4S/c26-25(27,28)18-8-7-9-19(14-18)29-23(32)17-36(34,35)22-15-31(21-11-4-3-10-20(21)22)16-24(33)30-12-5-1-2-6-13-30/h3-4,7-11,14-15H,1-2,5-6,12-13,16-17H2,(H,29,32). The molecule has 1 aliphatic rings. The molecule has 1 N–H and O–H groups in total. The highest BCUT2D eigenvalue weighted by molar-refractivity contribution is 7.92. The third kappa shape index (κ3) is 5.89.